The molecule has 0 saturated heterocycles. The lowest BCUT2D eigenvalue weighted by molar-refractivity contribution is -0.390. The number of aromatic nitrogens is 1. The van der Waals surface area contributed by atoms with E-state index in [1.54, 1.807) is 19.1 Å². The van der Waals surface area contributed by atoms with E-state index < -0.39 is 16.5 Å². The van der Waals surface area contributed by atoms with Gasteiger partial charge < -0.3 is 19.3 Å². The number of rotatable bonds is 5. The monoisotopic (exact) mass is 262 g/mol. The molecule has 2 aromatic rings. The predicted octanol–water partition coefficient (Wildman–Crippen LogP) is 2.15. The molecule has 2 heterocycles. The summed E-state index contributed by atoms with van der Waals surface area (Å²) >= 11 is 0. The van der Waals surface area contributed by atoms with Crippen LogP contribution in [0.25, 0.3) is 0 Å². The van der Waals surface area contributed by atoms with Crippen molar-refractivity contribution in [2.45, 2.75) is 6.92 Å². The van der Waals surface area contributed by atoms with Crippen molar-refractivity contribution in [2.24, 2.45) is 0 Å². The number of aryl methyl sites for hydroxylation is 1. The van der Waals surface area contributed by atoms with Gasteiger partial charge in [-0.1, -0.05) is 0 Å². The second kappa shape index (κ2) is 5.30. The molecular formula is C12H10N2O5. The van der Waals surface area contributed by atoms with Gasteiger partial charge in [0.15, 0.2) is 12.4 Å². The van der Waals surface area contributed by atoms with Gasteiger partial charge in [0, 0.05) is 6.92 Å². The van der Waals surface area contributed by atoms with Crippen molar-refractivity contribution >= 4 is 11.6 Å². The normalized spacial score (nSPS) is 10.2. The Labute approximate surface area is 108 Å². The van der Waals surface area contributed by atoms with Crippen LogP contribution in [-0.4, -0.2) is 22.3 Å². The molecule has 2 aromatic heterocycles. The number of nitrogens with zero attached hydrogens (tertiary/aromatic N) is 2. The van der Waals surface area contributed by atoms with Crippen molar-refractivity contribution < 1.29 is 18.9 Å². The van der Waals surface area contributed by atoms with Gasteiger partial charge in [0.05, 0.1) is 6.26 Å². The zero-order valence-electron chi connectivity index (χ0n) is 10.0. The molecule has 0 N–H and O–H groups in total. The lowest BCUT2D eigenvalue weighted by atomic mass is 10.3. The van der Waals surface area contributed by atoms with Gasteiger partial charge in [-0.25, -0.2) is 0 Å². The van der Waals surface area contributed by atoms with Gasteiger partial charge in [-0.15, -0.1) is 0 Å². The van der Waals surface area contributed by atoms with E-state index in [-0.39, 0.29) is 18.1 Å². The topological polar surface area (TPSA) is 95.5 Å². The standard InChI is InChI=1S/C12H10N2O5/c1-8-4-5-11(12(13-8)14(16)17)19-7-9(15)10-3-2-6-18-10/h2-6H,7H2,1H3. The molecule has 0 aliphatic heterocycles. The molecule has 98 valence electrons. The molecular weight excluding hydrogens is 252 g/mol. The predicted molar refractivity (Wildman–Crippen MR) is 64.2 cm³/mol. The number of carbonyl (C=O) groups excluding carboxylic acids is 1. The van der Waals surface area contributed by atoms with Crippen LogP contribution in [0.3, 0.4) is 0 Å². The molecule has 0 fully saturated rings. The zero-order valence-corrected chi connectivity index (χ0v) is 10.0. The number of pyridine rings is 1. The van der Waals surface area contributed by atoms with Gasteiger partial charge in [-0.05, 0) is 34.2 Å². The molecule has 2 rings (SSSR count). The first-order valence-corrected chi connectivity index (χ1v) is 5.39. The summed E-state index contributed by atoms with van der Waals surface area (Å²) in [4.78, 5) is 25.5. The Morgan fingerprint density at radius 2 is 2.26 bits per heavy atom. The van der Waals surface area contributed by atoms with Gasteiger partial charge in [-0.3, -0.25) is 4.79 Å². The Hall–Kier alpha value is -2.70. The molecule has 0 atom stereocenters. The largest absolute Gasteiger partial charge is 0.477 e. The Kier molecular flexibility index (Phi) is 3.56. The molecule has 0 bridgehead atoms. The Bertz CT molecular complexity index is 607. The van der Waals surface area contributed by atoms with Crippen LogP contribution in [0, 0.1) is 17.0 Å². The minimum atomic E-state index is -0.653. The number of ketones is 1. The highest BCUT2D eigenvalue weighted by Crippen LogP contribution is 2.24. The van der Waals surface area contributed by atoms with Crippen LogP contribution in [0.2, 0.25) is 0 Å². The summed E-state index contributed by atoms with van der Waals surface area (Å²) in [6.07, 6.45) is 1.36. The third-order valence-electron chi connectivity index (χ3n) is 2.31. The molecule has 19 heavy (non-hydrogen) atoms. The van der Waals surface area contributed by atoms with Gasteiger partial charge >= 0.3 is 5.82 Å². The van der Waals surface area contributed by atoms with Gasteiger partial charge in [0.2, 0.25) is 11.5 Å². The number of furan rings is 1. The summed E-state index contributed by atoms with van der Waals surface area (Å²) in [7, 11) is 0. The van der Waals surface area contributed by atoms with Crippen LogP contribution >= 0.6 is 0 Å². The van der Waals surface area contributed by atoms with Gasteiger partial charge in [0.25, 0.3) is 0 Å². The summed E-state index contributed by atoms with van der Waals surface area (Å²) in [5, 5.41) is 10.8. The number of hydrogen-bond acceptors (Lipinski definition) is 6. The first-order chi connectivity index (χ1) is 9.08. The van der Waals surface area contributed by atoms with Crippen molar-refractivity contribution in [3.63, 3.8) is 0 Å². The molecule has 0 aliphatic rings. The first kappa shape index (κ1) is 12.7. The second-order valence-electron chi connectivity index (χ2n) is 3.72. The van der Waals surface area contributed by atoms with Crippen LogP contribution in [0.1, 0.15) is 16.2 Å². The fourth-order valence-corrected chi connectivity index (χ4v) is 1.43. The van der Waals surface area contributed by atoms with Crippen molar-refractivity contribution in [2.75, 3.05) is 6.61 Å². The highest BCUT2D eigenvalue weighted by molar-refractivity contribution is 5.94. The summed E-state index contributed by atoms with van der Waals surface area (Å²) in [6.45, 7) is 1.28. The highest BCUT2D eigenvalue weighted by Gasteiger charge is 2.19. The average Bonchev–Trinajstić information content (AvgIpc) is 2.90. The third kappa shape index (κ3) is 2.95. The van der Waals surface area contributed by atoms with Crippen molar-refractivity contribution in [1.82, 2.24) is 4.98 Å². The van der Waals surface area contributed by atoms with Crippen molar-refractivity contribution in [3.05, 3.63) is 52.1 Å². The van der Waals surface area contributed by atoms with Crippen molar-refractivity contribution in [3.8, 4) is 5.75 Å². The van der Waals surface area contributed by atoms with Crippen LogP contribution < -0.4 is 4.74 Å². The Morgan fingerprint density at radius 3 is 2.89 bits per heavy atom. The second-order valence-corrected chi connectivity index (χ2v) is 3.72. The quantitative estimate of drug-likeness (QED) is 0.465. The Balaban J connectivity index is 2.11. The van der Waals surface area contributed by atoms with Crippen LogP contribution in [0.4, 0.5) is 5.82 Å². The van der Waals surface area contributed by atoms with E-state index in [1.165, 1.54) is 18.4 Å². The zero-order chi connectivity index (χ0) is 13.8. The van der Waals surface area contributed by atoms with Crippen molar-refractivity contribution in [1.29, 1.82) is 0 Å². The lowest BCUT2D eigenvalue weighted by Gasteiger charge is -2.04. The minimum absolute atomic E-state index is 0.0458. The molecule has 0 aliphatic carbocycles. The van der Waals surface area contributed by atoms with E-state index in [2.05, 4.69) is 4.98 Å². The molecule has 0 unspecified atom stereocenters. The van der Waals surface area contributed by atoms with E-state index in [1.807, 2.05) is 0 Å². The number of carbonyl (C=O) groups is 1. The highest BCUT2D eigenvalue weighted by atomic mass is 16.6. The SMILES string of the molecule is Cc1ccc(OCC(=O)c2ccco2)c([N+](=O)[O-])n1. The van der Waals surface area contributed by atoms with E-state index in [9.17, 15) is 14.9 Å². The smallest absolute Gasteiger partial charge is 0.406 e. The minimum Gasteiger partial charge on any atom is -0.477 e. The summed E-state index contributed by atoms with van der Waals surface area (Å²) in [5.41, 5.74) is 0.497. The average molecular weight is 262 g/mol. The fourth-order valence-electron chi connectivity index (χ4n) is 1.43. The first-order valence-electron chi connectivity index (χ1n) is 5.39. The van der Waals surface area contributed by atoms with Crippen LogP contribution in [-0.2, 0) is 0 Å². The lowest BCUT2D eigenvalue weighted by Crippen LogP contribution is -2.12. The maximum absolute atomic E-state index is 11.6. The van der Waals surface area contributed by atoms with E-state index in [4.69, 9.17) is 9.15 Å². The van der Waals surface area contributed by atoms with E-state index in [0.29, 0.717) is 5.69 Å². The number of ether oxygens (including phenoxy) is 1. The van der Waals surface area contributed by atoms with E-state index in [0.717, 1.165) is 0 Å². The fraction of sp³-hybridized carbons (Fsp3) is 0.167. The summed E-state index contributed by atoms with van der Waals surface area (Å²) in [6, 6.07) is 6.05. The summed E-state index contributed by atoms with van der Waals surface area (Å²) in [5.74, 6) is -0.717. The van der Waals surface area contributed by atoms with Crippen LogP contribution in [0.15, 0.2) is 34.9 Å². The number of nitro groups is 1. The van der Waals surface area contributed by atoms with Gasteiger partial charge in [-0.2, -0.15) is 0 Å². The molecule has 0 aromatic carbocycles. The van der Waals surface area contributed by atoms with E-state index >= 15 is 0 Å². The molecule has 0 saturated carbocycles. The molecule has 0 amide bonds. The number of Topliss-reactive ketones (excluding diaryl/α,β-unsaturated/α-hetero) is 1. The van der Waals surface area contributed by atoms with Crippen LogP contribution in [0.5, 0.6) is 5.75 Å². The number of hydrogen-bond donors (Lipinski definition) is 0. The molecule has 7 heteroatoms. The third-order valence-corrected chi connectivity index (χ3v) is 2.31. The van der Waals surface area contributed by atoms with Gasteiger partial charge in [0.1, 0.15) is 5.69 Å². The molecule has 0 radical (unpaired) electrons. The Morgan fingerprint density at radius 1 is 1.47 bits per heavy atom. The molecule has 7 nitrogen and oxygen atoms in total. The maximum atomic E-state index is 11.6. The summed E-state index contributed by atoms with van der Waals surface area (Å²) < 4.78 is 10.0. The molecule has 0 spiro atoms. The maximum Gasteiger partial charge on any atom is 0.406 e.